The average molecular weight is 431 g/mol. The van der Waals surface area contributed by atoms with Crippen LogP contribution in [-0.4, -0.2) is 25.1 Å². The Morgan fingerprint density at radius 3 is 2.48 bits per heavy atom. The number of rotatable bonds is 6. The number of fused-ring (bicyclic) bond motifs is 1. The summed E-state index contributed by atoms with van der Waals surface area (Å²) in [5, 5.41) is 3.84. The fraction of sp³-hybridized carbons (Fsp3) is 0.120. The molecule has 5 nitrogen and oxygen atoms in total. The van der Waals surface area contributed by atoms with Crippen molar-refractivity contribution < 1.29 is 14.3 Å². The standard InChI is InChI=1S/C25H22N2O3S/c1-16-4-11-20-23(14-16)31-25(27-20)18-7-9-19(10-8-18)26-24(28)13-6-17-5-12-21(29-2)22(15-17)30-3/h4-15H,1-3H3,(H,26,28). The van der Waals surface area contributed by atoms with E-state index in [-0.39, 0.29) is 5.91 Å². The summed E-state index contributed by atoms with van der Waals surface area (Å²) >= 11 is 1.67. The van der Waals surface area contributed by atoms with E-state index >= 15 is 0 Å². The summed E-state index contributed by atoms with van der Waals surface area (Å²) in [7, 11) is 3.17. The molecule has 0 fully saturated rings. The molecule has 0 saturated carbocycles. The maximum atomic E-state index is 12.3. The van der Waals surface area contributed by atoms with E-state index < -0.39 is 0 Å². The van der Waals surface area contributed by atoms with Crippen molar-refractivity contribution in [3.63, 3.8) is 0 Å². The predicted molar refractivity (Wildman–Crippen MR) is 127 cm³/mol. The molecular weight excluding hydrogens is 408 g/mol. The molecule has 1 aromatic heterocycles. The van der Waals surface area contributed by atoms with E-state index in [0.717, 1.165) is 27.3 Å². The van der Waals surface area contributed by atoms with Crippen LogP contribution in [0.5, 0.6) is 11.5 Å². The van der Waals surface area contributed by atoms with E-state index in [1.54, 1.807) is 37.7 Å². The molecule has 156 valence electrons. The Bertz CT molecular complexity index is 1260. The van der Waals surface area contributed by atoms with E-state index in [9.17, 15) is 4.79 Å². The molecule has 0 radical (unpaired) electrons. The number of nitrogens with one attached hydrogen (secondary N) is 1. The van der Waals surface area contributed by atoms with Crippen LogP contribution < -0.4 is 14.8 Å². The van der Waals surface area contributed by atoms with E-state index in [1.165, 1.54) is 16.3 Å². The molecule has 1 amide bonds. The van der Waals surface area contributed by atoms with Gasteiger partial charge in [0, 0.05) is 17.3 Å². The smallest absolute Gasteiger partial charge is 0.248 e. The van der Waals surface area contributed by atoms with Crippen molar-refractivity contribution in [2.24, 2.45) is 0 Å². The van der Waals surface area contributed by atoms with Crippen molar-refractivity contribution in [1.29, 1.82) is 0 Å². The summed E-state index contributed by atoms with van der Waals surface area (Å²) in [6, 6.07) is 19.5. The van der Waals surface area contributed by atoms with Gasteiger partial charge in [0.1, 0.15) is 5.01 Å². The van der Waals surface area contributed by atoms with Crippen LogP contribution in [0.2, 0.25) is 0 Å². The number of nitrogens with zero attached hydrogens (tertiary/aromatic N) is 1. The highest BCUT2D eigenvalue weighted by atomic mass is 32.1. The number of aromatic nitrogens is 1. The van der Waals surface area contributed by atoms with Gasteiger partial charge < -0.3 is 14.8 Å². The second-order valence-corrected chi connectivity index (χ2v) is 8.04. The zero-order valence-electron chi connectivity index (χ0n) is 17.5. The van der Waals surface area contributed by atoms with Gasteiger partial charge in [0.15, 0.2) is 11.5 Å². The van der Waals surface area contributed by atoms with Crippen LogP contribution in [0.1, 0.15) is 11.1 Å². The monoisotopic (exact) mass is 430 g/mol. The molecule has 0 aliphatic heterocycles. The first-order chi connectivity index (χ1) is 15.1. The third-order valence-electron chi connectivity index (χ3n) is 4.78. The molecule has 0 aliphatic carbocycles. The fourth-order valence-electron chi connectivity index (χ4n) is 3.16. The Hall–Kier alpha value is -3.64. The molecule has 6 heteroatoms. The summed E-state index contributed by atoms with van der Waals surface area (Å²) in [5.41, 5.74) is 4.82. The maximum Gasteiger partial charge on any atom is 0.248 e. The molecule has 0 unspecified atom stereocenters. The van der Waals surface area contributed by atoms with Crippen molar-refractivity contribution >= 4 is 39.2 Å². The third-order valence-corrected chi connectivity index (χ3v) is 5.85. The third kappa shape index (κ3) is 4.75. The highest BCUT2D eigenvalue weighted by molar-refractivity contribution is 7.21. The van der Waals surface area contributed by atoms with Crippen molar-refractivity contribution in [3.8, 4) is 22.1 Å². The number of aryl methyl sites for hydroxylation is 1. The number of anilines is 1. The second-order valence-electron chi connectivity index (χ2n) is 7.00. The normalized spacial score (nSPS) is 11.1. The number of methoxy groups -OCH3 is 2. The first-order valence-corrected chi connectivity index (χ1v) is 10.6. The lowest BCUT2D eigenvalue weighted by molar-refractivity contribution is -0.111. The first kappa shape index (κ1) is 20.6. The summed E-state index contributed by atoms with van der Waals surface area (Å²) in [6.45, 7) is 2.08. The molecule has 1 heterocycles. The van der Waals surface area contributed by atoms with Crippen molar-refractivity contribution in [2.75, 3.05) is 19.5 Å². The number of carbonyl (C=O) groups excluding carboxylic acids is 1. The van der Waals surface area contributed by atoms with Crippen molar-refractivity contribution in [2.45, 2.75) is 6.92 Å². The van der Waals surface area contributed by atoms with Gasteiger partial charge >= 0.3 is 0 Å². The number of benzene rings is 3. The molecule has 4 rings (SSSR count). The van der Waals surface area contributed by atoms with E-state index in [0.29, 0.717) is 11.5 Å². The largest absolute Gasteiger partial charge is 0.493 e. The molecule has 1 N–H and O–H groups in total. The molecule has 0 bridgehead atoms. The molecule has 0 spiro atoms. The number of hydrogen-bond donors (Lipinski definition) is 1. The minimum absolute atomic E-state index is 0.210. The molecule has 3 aromatic carbocycles. The maximum absolute atomic E-state index is 12.3. The number of amides is 1. The molecule has 4 aromatic rings. The lowest BCUT2D eigenvalue weighted by atomic mass is 10.2. The number of ether oxygens (including phenoxy) is 2. The van der Waals surface area contributed by atoms with E-state index in [1.807, 2.05) is 42.5 Å². The lowest BCUT2D eigenvalue weighted by Crippen LogP contribution is -2.07. The van der Waals surface area contributed by atoms with Gasteiger partial charge in [-0.3, -0.25) is 4.79 Å². The highest BCUT2D eigenvalue weighted by Crippen LogP contribution is 2.31. The molecule has 31 heavy (non-hydrogen) atoms. The number of thiazole rings is 1. The van der Waals surface area contributed by atoms with Gasteiger partial charge in [-0.25, -0.2) is 4.98 Å². The van der Waals surface area contributed by atoms with E-state index in [2.05, 4.69) is 24.4 Å². The SMILES string of the molecule is COc1ccc(C=CC(=O)Nc2ccc(-c3nc4ccc(C)cc4s3)cc2)cc1OC. The molecular formula is C25H22N2O3S. The van der Waals surface area contributed by atoms with Gasteiger partial charge in [0.2, 0.25) is 5.91 Å². The van der Waals surface area contributed by atoms with Crippen LogP contribution in [0, 0.1) is 6.92 Å². The number of hydrogen-bond acceptors (Lipinski definition) is 5. The zero-order valence-corrected chi connectivity index (χ0v) is 18.3. The zero-order chi connectivity index (χ0) is 21.8. The van der Waals surface area contributed by atoms with Gasteiger partial charge in [-0.2, -0.15) is 0 Å². The van der Waals surface area contributed by atoms with Gasteiger partial charge in [-0.15, -0.1) is 11.3 Å². The first-order valence-electron chi connectivity index (χ1n) is 9.74. The minimum atomic E-state index is -0.210. The van der Waals surface area contributed by atoms with Gasteiger partial charge in [0.25, 0.3) is 0 Å². The highest BCUT2D eigenvalue weighted by Gasteiger charge is 2.07. The van der Waals surface area contributed by atoms with Gasteiger partial charge in [0.05, 0.1) is 24.4 Å². The Morgan fingerprint density at radius 1 is 0.968 bits per heavy atom. The van der Waals surface area contributed by atoms with Crippen LogP contribution in [0.25, 0.3) is 26.9 Å². The molecule has 0 aliphatic rings. The Kier molecular flexibility index (Phi) is 6.00. The quantitative estimate of drug-likeness (QED) is 0.385. The average Bonchev–Trinajstić information content (AvgIpc) is 3.21. The van der Waals surface area contributed by atoms with Crippen molar-refractivity contribution in [3.05, 3.63) is 77.9 Å². The lowest BCUT2D eigenvalue weighted by Gasteiger charge is -2.07. The number of carbonyl (C=O) groups is 1. The molecule has 0 saturated heterocycles. The van der Waals surface area contributed by atoms with Gasteiger partial charge in [-0.1, -0.05) is 12.1 Å². The Labute approximate surface area is 185 Å². The van der Waals surface area contributed by atoms with Crippen LogP contribution >= 0.6 is 11.3 Å². The van der Waals surface area contributed by atoms with E-state index in [4.69, 9.17) is 14.5 Å². The van der Waals surface area contributed by atoms with Crippen LogP contribution in [0.3, 0.4) is 0 Å². The van der Waals surface area contributed by atoms with Crippen LogP contribution in [0.15, 0.2) is 66.7 Å². The summed E-state index contributed by atoms with van der Waals surface area (Å²) in [4.78, 5) is 17.0. The minimum Gasteiger partial charge on any atom is -0.493 e. The van der Waals surface area contributed by atoms with Crippen molar-refractivity contribution in [1.82, 2.24) is 4.98 Å². The fourth-order valence-corrected chi connectivity index (χ4v) is 4.23. The van der Waals surface area contributed by atoms with Crippen LogP contribution in [0.4, 0.5) is 5.69 Å². The molecule has 0 atom stereocenters. The summed E-state index contributed by atoms with van der Waals surface area (Å²) < 4.78 is 11.7. The second kappa shape index (κ2) is 9.02. The Balaban J connectivity index is 1.43. The predicted octanol–water partition coefficient (Wildman–Crippen LogP) is 5.94. The topological polar surface area (TPSA) is 60.5 Å². The summed E-state index contributed by atoms with van der Waals surface area (Å²) in [6.07, 6.45) is 3.22. The van der Waals surface area contributed by atoms with Crippen LogP contribution in [-0.2, 0) is 4.79 Å². The van der Waals surface area contributed by atoms with Gasteiger partial charge in [-0.05, 0) is 72.7 Å². The Morgan fingerprint density at radius 2 is 1.74 bits per heavy atom. The summed E-state index contributed by atoms with van der Waals surface area (Å²) in [5.74, 6) is 1.05.